The van der Waals surface area contributed by atoms with Crippen LogP contribution in [0.2, 0.25) is 0 Å². The van der Waals surface area contributed by atoms with Crippen LogP contribution in [0.4, 0.5) is 34.1 Å². The van der Waals surface area contributed by atoms with E-state index in [0.29, 0.717) is 0 Å². The van der Waals surface area contributed by atoms with E-state index in [2.05, 4.69) is 463 Å². The van der Waals surface area contributed by atoms with Gasteiger partial charge in [-0.05, 0) is 213 Å². The third kappa shape index (κ3) is 12.4. The smallest absolute Gasteiger partial charge is 0.252 e. The highest BCUT2D eigenvalue weighted by Crippen LogP contribution is 2.57. The molecule has 3 aromatic heterocycles. The zero-order valence-corrected chi connectivity index (χ0v) is 72.6. The number of aromatic nitrogens is 2. The quantitative estimate of drug-likeness (QED) is 0.128. The van der Waals surface area contributed by atoms with Crippen molar-refractivity contribution in [3.05, 3.63) is 368 Å². The number of benzene rings is 16. The fourth-order valence-corrected chi connectivity index (χ4v) is 19.9. The van der Waals surface area contributed by atoms with Crippen molar-refractivity contribution in [3.63, 3.8) is 0 Å². The monoisotopic (exact) mass is 1580 g/mol. The Labute approximate surface area is 717 Å². The minimum Gasteiger partial charge on any atom is -0.456 e. The van der Waals surface area contributed by atoms with E-state index in [1.807, 2.05) is 0 Å². The Morgan fingerprint density at radius 1 is 0.246 bits per heavy atom. The van der Waals surface area contributed by atoms with E-state index < -0.39 is 0 Å². The standard InChI is InChI=1S/C116H101BN4O/c1-112(2,3)79-61-77(62-80(66-79)113(4,5)6)76-55-58-94-100(63-76)120(109-89(72-37-20-16-21-38-72)67-81(114(7,8)9)68-90(109)73-39-22-17-23-40-73)102-64-78(84-48-36-53-99-106(84)87-46-29-33-51-97(87)119(99)98-52-34-31-49-93(98)116(13,14)15)65-103-108(102)117(94)95-59-56-83(118-96-50-32-28-45-85(96)86-57-60-105-107(111(86)118)88-47-30-35-54-104(88)122-105)71-101(95)121(103)110-91(74-41-24-18-25-42-74)69-82(115(10,11)12)70-92(110)75-43-26-19-27-44-75/h16-71H,1-15H3. The zero-order valence-electron chi connectivity index (χ0n) is 72.6. The summed E-state index contributed by atoms with van der Waals surface area (Å²) in [6.45, 7) is 35.1. The maximum absolute atomic E-state index is 6.89. The summed E-state index contributed by atoms with van der Waals surface area (Å²) in [5.41, 5.74) is 37.9. The van der Waals surface area contributed by atoms with E-state index in [-0.39, 0.29) is 33.8 Å². The summed E-state index contributed by atoms with van der Waals surface area (Å²) in [6.07, 6.45) is 0. The number of hydrogen-bond donors (Lipinski definition) is 0. The van der Waals surface area contributed by atoms with Gasteiger partial charge in [-0.2, -0.15) is 0 Å². The van der Waals surface area contributed by atoms with Crippen LogP contribution in [0, 0.1) is 0 Å². The molecular formula is C116H101BN4O. The SMILES string of the molecule is CC(C)(C)c1cc(-c2ccc3c(c2)N(c2c(-c4ccccc4)cc(C(C)(C)C)cc2-c2ccccc2)c2cc(-c4cccc5c4c4ccccc4n5-c4ccccc4C(C)(C)C)cc4c2B3c2ccc(-n3c5ccccc5c5ccc6oc7ccccc7c6c53)cc2N4c2c(-c3ccccc3)cc(C(C)(C)C)cc2-c2ccccc2)cc(C(C)(C)C)c1. The summed E-state index contributed by atoms with van der Waals surface area (Å²) >= 11 is 0. The Hall–Kier alpha value is -13.4. The lowest BCUT2D eigenvalue weighted by atomic mass is 9.33. The van der Waals surface area contributed by atoms with Gasteiger partial charge in [0.05, 0.1) is 38.8 Å². The molecule has 0 saturated heterocycles. The Morgan fingerprint density at radius 3 is 1.20 bits per heavy atom. The molecule has 0 saturated carbocycles. The molecule has 6 heteroatoms. The third-order valence-electron chi connectivity index (χ3n) is 26.2. The molecule has 21 rings (SSSR count). The number of furan rings is 1. The van der Waals surface area contributed by atoms with Gasteiger partial charge >= 0.3 is 0 Å². The summed E-state index contributed by atoms with van der Waals surface area (Å²) in [4.78, 5) is 5.53. The van der Waals surface area contributed by atoms with Crippen LogP contribution in [0.25, 0.3) is 144 Å². The summed E-state index contributed by atoms with van der Waals surface area (Å²) < 4.78 is 12.0. The predicted octanol–water partition coefficient (Wildman–Crippen LogP) is 30.4. The van der Waals surface area contributed by atoms with Gasteiger partial charge in [-0.15, -0.1) is 0 Å². The van der Waals surface area contributed by atoms with Crippen LogP contribution in [0.3, 0.4) is 0 Å². The molecule has 0 radical (unpaired) electrons. The van der Waals surface area contributed by atoms with Gasteiger partial charge in [0, 0.05) is 83.3 Å². The van der Waals surface area contributed by atoms with E-state index in [1.165, 1.54) is 77.0 Å². The molecule has 0 N–H and O–H groups in total. The molecule has 16 aromatic carbocycles. The number of rotatable bonds is 10. The molecule has 0 aliphatic carbocycles. The normalized spacial score (nSPS) is 13.2. The number of fused-ring (bicyclic) bond motifs is 14. The minimum atomic E-state index is -0.335. The first-order valence-electron chi connectivity index (χ1n) is 43.5. The van der Waals surface area contributed by atoms with Crippen LogP contribution in [0.15, 0.2) is 344 Å². The lowest BCUT2D eigenvalue weighted by Crippen LogP contribution is -2.61. The summed E-state index contributed by atoms with van der Waals surface area (Å²) in [5.74, 6) is 0. The number of para-hydroxylation sites is 4. The van der Waals surface area contributed by atoms with Crippen molar-refractivity contribution >= 4 is 123 Å². The fraction of sp³-hybridized carbons (Fsp3) is 0.172. The van der Waals surface area contributed by atoms with Crippen molar-refractivity contribution in [1.82, 2.24) is 9.13 Å². The second-order valence-electron chi connectivity index (χ2n) is 39.3. The Morgan fingerprint density at radius 2 is 0.680 bits per heavy atom. The molecule has 594 valence electrons. The van der Waals surface area contributed by atoms with Crippen molar-refractivity contribution in [2.45, 2.75) is 131 Å². The molecule has 0 unspecified atom stereocenters. The topological polar surface area (TPSA) is 29.5 Å². The van der Waals surface area contributed by atoms with Gasteiger partial charge < -0.3 is 23.4 Å². The summed E-state index contributed by atoms with van der Waals surface area (Å²) in [7, 11) is 0. The molecule has 5 nitrogen and oxygen atoms in total. The van der Waals surface area contributed by atoms with Crippen molar-refractivity contribution in [2.75, 3.05) is 9.80 Å². The Bertz CT molecular complexity index is 7300. The van der Waals surface area contributed by atoms with Crippen molar-refractivity contribution < 1.29 is 4.42 Å². The summed E-state index contributed by atoms with van der Waals surface area (Å²) in [6, 6.07) is 130. The highest BCUT2D eigenvalue weighted by atomic mass is 16.3. The van der Waals surface area contributed by atoms with Gasteiger partial charge in [-0.3, -0.25) is 0 Å². The highest BCUT2D eigenvalue weighted by Gasteiger charge is 2.47. The third-order valence-corrected chi connectivity index (χ3v) is 26.2. The number of anilines is 6. The van der Waals surface area contributed by atoms with Gasteiger partial charge in [0.1, 0.15) is 11.2 Å². The highest BCUT2D eigenvalue weighted by molar-refractivity contribution is 7.00. The maximum Gasteiger partial charge on any atom is 0.252 e. The molecule has 0 spiro atoms. The summed E-state index contributed by atoms with van der Waals surface area (Å²) in [5, 5.41) is 6.91. The van der Waals surface area contributed by atoms with Crippen LogP contribution in [0.1, 0.15) is 132 Å². The first-order valence-corrected chi connectivity index (χ1v) is 43.5. The van der Waals surface area contributed by atoms with Gasteiger partial charge in [0.15, 0.2) is 0 Å². The molecule has 122 heavy (non-hydrogen) atoms. The van der Waals surface area contributed by atoms with Crippen molar-refractivity contribution in [1.29, 1.82) is 0 Å². The molecule has 5 heterocycles. The largest absolute Gasteiger partial charge is 0.456 e. The first-order chi connectivity index (χ1) is 58.7. The van der Waals surface area contributed by atoms with E-state index in [9.17, 15) is 0 Å². The van der Waals surface area contributed by atoms with E-state index in [1.54, 1.807) is 0 Å². The lowest BCUT2D eigenvalue weighted by Gasteiger charge is -2.46. The Kier molecular flexibility index (Phi) is 17.5. The molecule has 2 aliphatic rings. The van der Waals surface area contributed by atoms with E-state index in [4.69, 9.17) is 4.42 Å². The molecule has 0 amide bonds. The Balaban J connectivity index is 0.988. The average Bonchev–Trinajstić information content (AvgIpc) is 1.02. The molecule has 2 aliphatic heterocycles. The fourth-order valence-electron chi connectivity index (χ4n) is 19.9. The maximum atomic E-state index is 6.89. The lowest BCUT2D eigenvalue weighted by molar-refractivity contribution is 0.569. The van der Waals surface area contributed by atoms with Gasteiger partial charge in [-0.1, -0.05) is 347 Å². The molecule has 0 fully saturated rings. The first kappa shape index (κ1) is 76.0. The van der Waals surface area contributed by atoms with Crippen molar-refractivity contribution in [2.24, 2.45) is 0 Å². The van der Waals surface area contributed by atoms with Gasteiger partial charge in [-0.25, -0.2) is 0 Å². The molecule has 0 bridgehead atoms. The van der Waals surface area contributed by atoms with Gasteiger partial charge in [0.25, 0.3) is 6.71 Å². The predicted molar refractivity (Wildman–Crippen MR) is 523 cm³/mol. The van der Waals surface area contributed by atoms with Crippen LogP contribution in [-0.4, -0.2) is 15.8 Å². The average molecular weight is 1580 g/mol. The zero-order chi connectivity index (χ0) is 83.8. The van der Waals surface area contributed by atoms with Gasteiger partial charge in [0.2, 0.25) is 0 Å². The number of hydrogen-bond acceptors (Lipinski definition) is 3. The van der Waals surface area contributed by atoms with Crippen LogP contribution < -0.4 is 26.2 Å². The van der Waals surface area contributed by atoms with E-state index >= 15 is 0 Å². The second-order valence-corrected chi connectivity index (χ2v) is 39.3. The second kappa shape index (κ2) is 28.1. The van der Waals surface area contributed by atoms with Crippen LogP contribution in [0.5, 0.6) is 0 Å². The number of nitrogens with zero attached hydrogens (tertiary/aromatic N) is 4. The van der Waals surface area contributed by atoms with Crippen LogP contribution >= 0.6 is 0 Å². The van der Waals surface area contributed by atoms with Crippen LogP contribution in [-0.2, 0) is 27.1 Å². The molecule has 0 atom stereocenters. The minimum absolute atomic E-state index is 0.140. The molecular weight excluding hydrogens is 1480 g/mol. The van der Waals surface area contributed by atoms with Crippen molar-refractivity contribution in [3.8, 4) is 78.1 Å². The van der Waals surface area contributed by atoms with E-state index in [0.717, 1.165) is 145 Å². The molecule has 19 aromatic rings.